The summed E-state index contributed by atoms with van der Waals surface area (Å²) in [5, 5.41) is 0. The molecule has 3 aromatic carbocycles. The fourth-order valence-electron chi connectivity index (χ4n) is 2.97. The molecule has 2 nitrogen and oxygen atoms in total. The van der Waals surface area contributed by atoms with E-state index >= 15 is 0 Å². The molecular formula is C23H23NO. The average molecular weight is 329 g/mol. The van der Waals surface area contributed by atoms with Crippen molar-refractivity contribution in [1.82, 2.24) is 0 Å². The number of carbonyl (C=O) groups excluding carboxylic acids is 1. The zero-order chi connectivity index (χ0) is 17.8. The van der Waals surface area contributed by atoms with Crippen molar-refractivity contribution in [1.29, 1.82) is 0 Å². The van der Waals surface area contributed by atoms with Gasteiger partial charge in [-0.1, -0.05) is 67.6 Å². The Balaban J connectivity index is 1.91. The van der Waals surface area contributed by atoms with Crippen LogP contribution in [0.5, 0.6) is 0 Å². The molecule has 1 atom stereocenters. The molecule has 0 spiro atoms. The van der Waals surface area contributed by atoms with E-state index in [0.29, 0.717) is 0 Å². The number of nitrogens with zero attached hydrogens (tertiary/aromatic N) is 1. The standard InChI is InChI=1S/C23H23NO/c1-17(20-12-8-14-22(16-20)24(2)3)19-11-7-13-21(15-19)23(25)18-9-5-4-6-10-18/h4-17H,1-3H3. The summed E-state index contributed by atoms with van der Waals surface area (Å²) in [4.78, 5) is 14.8. The van der Waals surface area contributed by atoms with Gasteiger partial charge < -0.3 is 4.90 Å². The van der Waals surface area contributed by atoms with Crippen LogP contribution in [0.15, 0.2) is 78.9 Å². The van der Waals surface area contributed by atoms with E-state index in [9.17, 15) is 4.79 Å². The summed E-state index contributed by atoms with van der Waals surface area (Å²) in [5.41, 5.74) is 5.04. The molecule has 0 aromatic heterocycles. The van der Waals surface area contributed by atoms with Gasteiger partial charge in [0.25, 0.3) is 0 Å². The second-order valence-electron chi connectivity index (χ2n) is 6.53. The van der Waals surface area contributed by atoms with E-state index in [-0.39, 0.29) is 11.7 Å². The van der Waals surface area contributed by atoms with E-state index in [1.54, 1.807) is 0 Å². The molecule has 0 fully saturated rings. The van der Waals surface area contributed by atoms with Gasteiger partial charge >= 0.3 is 0 Å². The molecular weight excluding hydrogens is 306 g/mol. The maximum Gasteiger partial charge on any atom is 0.193 e. The highest BCUT2D eigenvalue weighted by molar-refractivity contribution is 6.09. The summed E-state index contributed by atoms with van der Waals surface area (Å²) < 4.78 is 0. The molecule has 0 aliphatic heterocycles. The Bertz CT molecular complexity index is 868. The number of hydrogen-bond acceptors (Lipinski definition) is 2. The molecule has 3 aromatic rings. The molecule has 0 radical (unpaired) electrons. The van der Waals surface area contributed by atoms with Crippen LogP contribution in [0.1, 0.15) is 39.9 Å². The van der Waals surface area contributed by atoms with Crippen molar-refractivity contribution >= 4 is 11.5 Å². The molecule has 126 valence electrons. The van der Waals surface area contributed by atoms with Gasteiger partial charge in [0.1, 0.15) is 0 Å². The summed E-state index contributed by atoms with van der Waals surface area (Å²) in [7, 11) is 4.09. The first-order valence-electron chi connectivity index (χ1n) is 8.53. The van der Waals surface area contributed by atoms with Crippen molar-refractivity contribution in [3.05, 3.63) is 101 Å². The molecule has 3 rings (SSSR count). The molecule has 0 heterocycles. The lowest BCUT2D eigenvalue weighted by atomic mass is 9.90. The minimum atomic E-state index is 0.0664. The third kappa shape index (κ3) is 3.80. The van der Waals surface area contributed by atoms with Crippen LogP contribution in [0.3, 0.4) is 0 Å². The molecule has 25 heavy (non-hydrogen) atoms. The molecule has 0 amide bonds. The zero-order valence-corrected chi connectivity index (χ0v) is 14.9. The average Bonchev–Trinajstić information content (AvgIpc) is 2.67. The first-order valence-corrected chi connectivity index (χ1v) is 8.53. The third-order valence-corrected chi connectivity index (χ3v) is 4.57. The molecule has 0 aliphatic carbocycles. The second-order valence-corrected chi connectivity index (χ2v) is 6.53. The van der Waals surface area contributed by atoms with Crippen molar-refractivity contribution in [3.8, 4) is 0 Å². The summed E-state index contributed by atoms with van der Waals surface area (Å²) in [6.07, 6.45) is 0. The fourth-order valence-corrected chi connectivity index (χ4v) is 2.97. The van der Waals surface area contributed by atoms with Gasteiger partial charge in [-0.3, -0.25) is 4.79 Å². The van der Waals surface area contributed by atoms with E-state index < -0.39 is 0 Å². The monoisotopic (exact) mass is 329 g/mol. The fraction of sp³-hybridized carbons (Fsp3) is 0.174. The Morgan fingerprint density at radius 1 is 0.760 bits per heavy atom. The van der Waals surface area contributed by atoms with Crippen molar-refractivity contribution in [2.75, 3.05) is 19.0 Å². The lowest BCUT2D eigenvalue weighted by Crippen LogP contribution is -2.09. The van der Waals surface area contributed by atoms with Gasteiger partial charge in [0, 0.05) is 36.8 Å². The molecule has 1 unspecified atom stereocenters. The van der Waals surface area contributed by atoms with E-state index in [1.165, 1.54) is 11.3 Å². The summed E-state index contributed by atoms with van der Waals surface area (Å²) in [6, 6.07) is 25.9. The minimum Gasteiger partial charge on any atom is -0.378 e. The van der Waals surface area contributed by atoms with E-state index in [2.05, 4.69) is 42.2 Å². The Morgan fingerprint density at radius 3 is 2.04 bits per heavy atom. The smallest absolute Gasteiger partial charge is 0.193 e. The Morgan fingerprint density at radius 2 is 1.36 bits per heavy atom. The van der Waals surface area contributed by atoms with Crippen molar-refractivity contribution in [2.24, 2.45) is 0 Å². The number of anilines is 1. The van der Waals surface area contributed by atoms with Crippen LogP contribution in [0.25, 0.3) is 0 Å². The normalized spacial score (nSPS) is 11.8. The molecule has 0 bridgehead atoms. The largest absolute Gasteiger partial charge is 0.378 e. The first-order chi connectivity index (χ1) is 12.1. The third-order valence-electron chi connectivity index (χ3n) is 4.57. The van der Waals surface area contributed by atoms with Gasteiger partial charge in [0.05, 0.1) is 0 Å². The number of carbonyl (C=O) groups is 1. The summed E-state index contributed by atoms with van der Waals surface area (Å²) >= 11 is 0. The van der Waals surface area contributed by atoms with Gasteiger partial charge in [-0.05, 0) is 29.3 Å². The van der Waals surface area contributed by atoms with Gasteiger partial charge in [0.2, 0.25) is 0 Å². The number of hydrogen-bond donors (Lipinski definition) is 0. The topological polar surface area (TPSA) is 20.3 Å². The van der Waals surface area contributed by atoms with Crippen LogP contribution in [0.4, 0.5) is 5.69 Å². The van der Waals surface area contributed by atoms with Crippen molar-refractivity contribution in [3.63, 3.8) is 0 Å². The van der Waals surface area contributed by atoms with Crippen LogP contribution >= 0.6 is 0 Å². The van der Waals surface area contributed by atoms with Crippen LogP contribution in [-0.4, -0.2) is 19.9 Å². The minimum absolute atomic E-state index is 0.0664. The van der Waals surface area contributed by atoms with Crippen molar-refractivity contribution in [2.45, 2.75) is 12.8 Å². The second kappa shape index (κ2) is 7.35. The SMILES string of the molecule is CC(c1cccc(C(=O)c2ccccc2)c1)c1cccc(N(C)C)c1. The Labute approximate surface area is 149 Å². The zero-order valence-electron chi connectivity index (χ0n) is 14.9. The van der Waals surface area contributed by atoms with Crippen LogP contribution in [0, 0.1) is 0 Å². The molecule has 0 N–H and O–H groups in total. The van der Waals surface area contributed by atoms with Gasteiger partial charge in [-0.2, -0.15) is 0 Å². The first kappa shape index (κ1) is 17.0. The highest BCUT2D eigenvalue weighted by Gasteiger charge is 2.13. The molecule has 0 aliphatic rings. The molecule has 0 saturated heterocycles. The van der Waals surface area contributed by atoms with E-state index in [4.69, 9.17) is 0 Å². The lowest BCUT2D eigenvalue weighted by Gasteiger charge is -2.18. The van der Waals surface area contributed by atoms with E-state index in [0.717, 1.165) is 16.7 Å². The maximum absolute atomic E-state index is 12.7. The quantitative estimate of drug-likeness (QED) is 0.604. The Hall–Kier alpha value is -2.87. The van der Waals surface area contributed by atoms with E-state index in [1.807, 2.05) is 62.6 Å². The van der Waals surface area contributed by atoms with Crippen molar-refractivity contribution < 1.29 is 4.79 Å². The maximum atomic E-state index is 12.7. The molecule has 0 saturated carbocycles. The van der Waals surface area contributed by atoms with Crippen LogP contribution < -0.4 is 4.90 Å². The number of rotatable bonds is 5. The Kier molecular flexibility index (Phi) is 4.99. The van der Waals surface area contributed by atoms with Crippen LogP contribution in [-0.2, 0) is 0 Å². The lowest BCUT2D eigenvalue weighted by molar-refractivity contribution is 0.103. The predicted molar refractivity (Wildman–Crippen MR) is 105 cm³/mol. The van der Waals surface area contributed by atoms with Gasteiger partial charge in [-0.15, -0.1) is 0 Å². The number of ketones is 1. The van der Waals surface area contributed by atoms with Gasteiger partial charge in [-0.25, -0.2) is 0 Å². The van der Waals surface area contributed by atoms with Crippen LogP contribution in [0.2, 0.25) is 0 Å². The highest BCUT2D eigenvalue weighted by atomic mass is 16.1. The molecule has 2 heteroatoms. The predicted octanol–water partition coefficient (Wildman–Crippen LogP) is 5.14. The number of benzene rings is 3. The summed E-state index contributed by atoms with van der Waals surface area (Å²) in [5.74, 6) is 0.292. The highest BCUT2D eigenvalue weighted by Crippen LogP contribution is 2.27. The van der Waals surface area contributed by atoms with Gasteiger partial charge in [0.15, 0.2) is 5.78 Å². The summed E-state index contributed by atoms with van der Waals surface area (Å²) in [6.45, 7) is 2.18.